The summed E-state index contributed by atoms with van der Waals surface area (Å²) < 4.78 is 4.99. The maximum atomic E-state index is 11.4. The minimum Gasteiger partial charge on any atom is -0.466 e. The highest BCUT2D eigenvalue weighted by Crippen LogP contribution is 2.28. The summed E-state index contributed by atoms with van der Waals surface area (Å²) in [4.78, 5) is 11.4. The highest BCUT2D eigenvalue weighted by Gasteiger charge is 2.17. The van der Waals surface area contributed by atoms with Gasteiger partial charge in [-0.3, -0.25) is 4.79 Å². The van der Waals surface area contributed by atoms with Gasteiger partial charge in [-0.25, -0.2) is 0 Å². The second-order valence-corrected chi connectivity index (χ2v) is 4.59. The van der Waals surface area contributed by atoms with Gasteiger partial charge in [-0.05, 0) is 44.9 Å². The standard InChI is InChI=1S/C14H24O2/c1-3-5-7-12-8-6-9-13(10-12)11-14(15)16-4-2/h10,13H,3-9,11H2,1-2H3. The van der Waals surface area contributed by atoms with Gasteiger partial charge in [-0.15, -0.1) is 0 Å². The van der Waals surface area contributed by atoms with Crippen LogP contribution in [0.15, 0.2) is 11.6 Å². The summed E-state index contributed by atoms with van der Waals surface area (Å²) in [5.74, 6) is 0.389. The SMILES string of the molecule is CCCCC1=CC(CC(=O)OCC)CCC1. The molecule has 0 N–H and O–H groups in total. The van der Waals surface area contributed by atoms with Gasteiger partial charge in [0.05, 0.1) is 13.0 Å². The van der Waals surface area contributed by atoms with Crippen molar-refractivity contribution >= 4 is 5.97 Å². The first-order valence-electron chi connectivity index (χ1n) is 6.61. The Morgan fingerprint density at radius 2 is 2.31 bits per heavy atom. The normalized spacial score (nSPS) is 20.4. The summed E-state index contributed by atoms with van der Waals surface area (Å²) in [6, 6.07) is 0. The Morgan fingerprint density at radius 3 is 3.00 bits per heavy atom. The fourth-order valence-corrected chi connectivity index (χ4v) is 2.30. The Kier molecular flexibility index (Phi) is 6.20. The van der Waals surface area contributed by atoms with E-state index in [1.54, 1.807) is 5.57 Å². The van der Waals surface area contributed by atoms with Crippen LogP contribution in [0.25, 0.3) is 0 Å². The molecule has 1 aliphatic rings. The quantitative estimate of drug-likeness (QED) is 0.506. The van der Waals surface area contributed by atoms with Crippen LogP contribution < -0.4 is 0 Å². The average Bonchev–Trinajstić information content (AvgIpc) is 2.27. The van der Waals surface area contributed by atoms with Gasteiger partial charge in [0.1, 0.15) is 0 Å². The summed E-state index contributed by atoms with van der Waals surface area (Å²) in [5, 5.41) is 0. The van der Waals surface area contributed by atoms with E-state index in [0.717, 1.165) is 6.42 Å². The van der Waals surface area contributed by atoms with Gasteiger partial charge in [0, 0.05) is 0 Å². The highest BCUT2D eigenvalue weighted by atomic mass is 16.5. The Bertz CT molecular complexity index is 243. The maximum absolute atomic E-state index is 11.4. The van der Waals surface area contributed by atoms with E-state index < -0.39 is 0 Å². The van der Waals surface area contributed by atoms with E-state index in [2.05, 4.69) is 13.0 Å². The molecule has 2 heteroatoms. The number of ether oxygens (including phenoxy) is 1. The van der Waals surface area contributed by atoms with Crippen molar-refractivity contribution in [3.8, 4) is 0 Å². The maximum Gasteiger partial charge on any atom is 0.306 e. The minimum atomic E-state index is -0.0412. The zero-order valence-electron chi connectivity index (χ0n) is 10.6. The summed E-state index contributed by atoms with van der Waals surface area (Å²) in [6.45, 7) is 4.58. The molecule has 1 aliphatic carbocycles. The molecule has 1 rings (SSSR count). The summed E-state index contributed by atoms with van der Waals surface area (Å²) >= 11 is 0. The Balaban J connectivity index is 2.38. The topological polar surface area (TPSA) is 26.3 Å². The van der Waals surface area contributed by atoms with Crippen LogP contribution in [0.5, 0.6) is 0 Å². The molecule has 0 saturated heterocycles. The third-order valence-electron chi connectivity index (χ3n) is 3.13. The van der Waals surface area contributed by atoms with Crippen molar-refractivity contribution in [2.75, 3.05) is 6.61 Å². The van der Waals surface area contributed by atoms with Crippen LogP contribution in [0.4, 0.5) is 0 Å². The zero-order valence-corrected chi connectivity index (χ0v) is 10.6. The molecule has 0 saturated carbocycles. The summed E-state index contributed by atoms with van der Waals surface area (Å²) in [5.41, 5.74) is 1.56. The van der Waals surface area contributed by atoms with Crippen molar-refractivity contribution < 1.29 is 9.53 Å². The summed E-state index contributed by atoms with van der Waals surface area (Å²) in [6.07, 6.45) is 10.3. The first-order chi connectivity index (χ1) is 7.76. The number of unbranched alkanes of at least 4 members (excludes halogenated alkanes) is 1. The molecule has 0 aromatic heterocycles. The van der Waals surface area contributed by atoms with E-state index in [-0.39, 0.29) is 5.97 Å². The molecule has 16 heavy (non-hydrogen) atoms. The van der Waals surface area contributed by atoms with E-state index in [1.165, 1.54) is 32.1 Å². The number of carbonyl (C=O) groups excluding carboxylic acids is 1. The molecule has 0 aliphatic heterocycles. The monoisotopic (exact) mass is 224 g/mol. The molecule has 1 unspecified atom stereocenters. The Hall–Kier alpha value is -0.790. The van der Waals surface area contributed by atoms with Crippen molar-refractivity contribution in [2.24, 2.45) is 5.92 Å². The first kappa shape index (κ1) is 13.3. The average molecular weight is 224 g/mol. The van der Waals surface area contributed by atoms with Crippen LogP contribution in [-0.2, 0) is 9.53 Å². The molecule has 0 aromatic carbocycles. The first-order valence-corrected chi connectivity index (χ1v) is 6.61. The Labute approximate surface area is 99.1 Å². The van der Waals surface area contributed by atoms with Crippen molar-refractivity contribution in [1.82, 2.24) is 0 Å². The van der Waals surface area contributed by atoms with Crippen LogP contribution in [0.2, 0.25) is 0 Å². The smallest absolute Gasteiger partial charge is 0.306 e. The van der Waals surface area contributed by atoms with Gasteiger partial charge in [-0.2, -0.15) is 0 Å². The van der Waals surface area contributed by atoms with Crippen LogP contribution >= 0.6 is 0 Å². The molecule has 1 atom stereocenters. The highest BCUT2D eigenvalue weighted by molar-refractivity contribution is 5.69. The third-order valence-corrected chi connectivity index (χ3v) is 3.13. The molecule has 92 valence electrons. The zero-order chi connectivity index (χ0) is 11.8. The number of hydrogen-bond acceptors (Lipinski definition) is 2. The van der Waals surface area contributed by atoms with Crippen molar-refractivity contribution in [3.05, 3.63) is 11.6 Å². The van der Waals surface area contributed by atoms with Gasteiger partial charge in [0.15, 0.2) is 0 Å². The third kappa shape index (κ3) is 4.82. The van der Waals surface area contributed by atoms with Gasteiger partial charge in [0.2, 0.25) is 0 Å². The summed E-state index contributed by atoms with van der Waals surface area (Å²) in [7, 11) is 0. The number of esters is 1. The van der Waals surface area contributed by atoms with Crippen LogP contribution in [-0.4, -0.2) is 12.6 Å². The van der Waals surface area contributed by atoms with Crippen molar-refractivity contribution in [3.63, 3.8) is 0 Å². The van der Waals surface area contributed by atoms with Crippen LogP contribution in [0.3, 0.4) is 0 Å². The largest absolute Gasteiger partial charge is 0.466 e. The second-order valence-electron chi connectivity index (χ2n) is 4.59. The predicted octanol–water partition coefficient (Wildman–Crippen LogP) is 3.86. The van der Waals surface area contributed by atoms with Gasteiger partial charge in [-0.1, -0.05) is 25.0 Å². The molecular weight excluding hydrogens is 200 g/mol. The number of allylic oxidation sites excluding steroid dienone is 2. The lowest BCUT2D eigenvalue weighted by Gasteiger charge is -2.20. The molecular formula is C14H24O2. The van der Waals surface area contributed by atoms with Crippen LogP contribution in [0.1, 0.15) is 58.8 Å². The lowest BCUT2D eigenvalue weighted by atomic mass is 9.86. The number of rotatable bonds is 6. The van der Waals surface area contributed by atoms with E-state index in [0.29, 0.717) is 18.9 Å². The van der Waals surface area contributed by atoms with Crippen molar-refractivity contribution in [1.29, 1.82) is 0 Å². The second kappa shape index (κ2) is 7.48. The van der Waals surface area contributed by atoms with E-state index in [4.69, 9.17) is 4.74 Å². The van der Waals surface area contributed by atoms with Gasteiger partial charge >= 0.3 is 5.97 Å². The molecule has 2 nitrogen and oxygen atoms in total. The lowest BCUT2D eigenvalue weighted by molar-refractivity contribution is -0.143. The van der Waals surface area contributed by atoms with Crippen LogP contribution in [0, 0.1) is 5.92 Å². The minimum absolute atomic E-state index is 0.0412. The molecule has 0 fully saturated rings. The molecule has 0 aromatic rings. The molecule has 0 amide bonds. The number of carbonyl (C=O) groups is 1. The molecule has 0 heterocycles. The van der Waals surface area contributed by atoms with E-state index in [9.17, 15) is 4.79 Å². The Morgan fingerprint density at radius 1 is 1.50 bits per heavy atom. The fraction of sp³-hybridized carbons (Fsp3) is 0.786. The molecule has 0 radical (unpaired) electrons. The lowest BCUT2D eigenvalue weighted by Crippen LogP contribution is -2.13. The molecule has 0 spiro atoms. The van der Waals surface area contributed by atoms with Crippen molar-refractivity contribution in [2.45, 2.75) is 58.8 Å². The van der Waals surface area contributed by atoms with Gasteiger partial charge < -0.3 is 4.74 Å². The van der Waals surface area contributed by atoms with E-state index >= 15 is 0 Å². The fourth-order valence-electron chi connectivity index (χ4n) is 2.30. The predicted molar refractivity (Wildman–Crippen MR) is 66.2 cm³/mol. The van der Waals surface area contributed by atoms with Gasteiger partial charge in [0.25, 0.3) is 0 Å². The number of hydrogen-bond donors (Lipinski definition) is 0. The van der Waals surface area contributed by atoms with E-state index in [1.807, 2.05) is 6.92 Å². The molecule has 0 bridgehead atoms.